The molecule has 4 rings (SSSR count). The Morgan fingerprint density at radius 1 is 0.838 bits per heavy atom. The van der Waals surface area contributed by atoms with Crippen molar-refractivity contribution in [1.82, 2.24) is 4.72 Å². The number of methoxy groups -OCH3 is 1. The number of hydrogen-bond acceptors (Lipinski definition) is 5. The molecule has 8 heteroatoms. The van der Waals surface area contributed by atoms with Gasteiger partial charge in [0.2, 0.25) is 15.9 Å². The molecule has 0 bridgehead atoms. The number of aryl methyl sites for hydroxylation is 1. The highest BCUT2D eigenvalue weighted by molar-refractivity contribution is 7.89. The standard InChI is InChI=1S/C29H28N2O5S/c1-21-19-24(17-18-27(21)35-2)37(33,34)31-26(20-22-11-5-3-6-12-22)29(32)30-25-15-9-10-16-28(25)36-23-13-7-4-8-14-23/h3-19,26,31H,20H2,1-2H3,(H,30,32)/t26-/m0/s1. The molecule has 0 unspecified atom stereocenters. The molecule has 1 atom stereocenters. The van der Waals surface area contributed by atoms with E-state index in [-0.39, 0.29) is 11.3 Å². The van der Waals surface area contributed by atoms with E-state index >= 15 is 0 Å². The van der Waals surface area contributed by atoms with E-state index < -0.39 is 22.0 Å². The lowest BCUT2D eigenvalue weighted by atomic mass is 10.1. The van der Waals surface area contributed by atoms with Gasteiger partial charge in [0.1, 0.15) is 17.5 Å². The van der Waals surface area contributed by atoms with E-state index in [9.17, 15) is 13.2 Å². The van der Waals surface area contributed by atoms with E-state index in [1.165, 1.54) is 19.2 Å². The van der Waals surface area contributed by atoms with Crippen molar-refractivity contribution in [2.24, 2.45) is 0 Å². The van der Waals surface area contributed by atoms with Crippen LogP contribution in [-0.2, 0) is 21.2 Å². The average Bonchev–Trinajstić information content (AvgIpc) is 2.90. The highest BCUT2D eigenvalue weighted by atomic mass is 32.2. The first kappa shape index (κ1) is 25.9. The minimum absolute atomic E-state index is 0.0458. The van der Waals surface area contributed by atoms with Gasteiger partial charge in [-0.3, -0.25) is 4.79 Å². The zero-order valence-corrected chi connectivity index (χ0v) is 21.4. The number of anilines is 1. The largest absolute Gasteiger partial charge is 0.496 e. The monoisotopic (exact) mass is 516 g/mol. The summed E-state index contributed by atoms with van der Waals surface area (Å²) in [6.45, 7) is 1.76. The van der Waals surface area contributed by atoms with Gasteiger partial charge in [-0.25, -0.2) is 8.42 Å². The number of hydrogen-bond donors (Lipinski definition) is 2. The number of carbonyl (C=O) groups is 1. The first-order valence-electron chi connectivity index (χ1n) is 11.7. The Bertz CT molecular complexity index is 1460. The van der Waals surface area contributed by atoms with Crippen LogP contribution in [0.25, 0.3) is 0 Å². The van der Waals surface area contributed by atoms with E-state index in [1.54, 1.807) is 37.3 Å². The van der Waals surface area contributed by atoms with Crippen molar-refractivity contribution >= 4 is 21.6 Å². The van der Waals surface area contributed by atoms with E-state index in [0.717, 1.165) is 5.56 Å². The Morgan fingerprint density at radius 3 is 2.16 bits per heavy atom. The van der Waals surface area contributed by atoms with Crippen LogP contribution in [0.15, 0.2) is 108 Å². The molecule has 0 heterocycles. The topological polar surface area (TPSA) is 93.7 Å². The highest BCUT2D eigenvalue weighted by Gasteiger charge is 2.27. The van der Waals surface area contributed by atoms with Crippen LogP contribution in [0.3, 0.4) is 0 Å². The third-order valence-corrected chi connectivity index (χ3v) is 7.16. The Balaban J connectivity index is 1.60. The van der Waals surface area contributed by atoms with Crippen molar-refractivity contribution < 1.29 is 22.7 Å². The molecule has 0 aromatic heterocycles. The molecule has 7 nitrogen and oxygen atoms in total. The summed E-state index contributed by atoms with van der Waals surface area (Å²) in [5.41, 5.74) is 1.90. The van der Waals surface area contributed by atoms with Gasteiger partial charge in [-0.2, -0.15) is 4.72 Å². The smallest absolute Gasteiger partial charge is 0.243 e. The minimum Gasteiger partial charge on any atom is -0.496 e. The molecule has 0 aliphatic carbocycles. The first-order chi connectivity index (χ1) is 17.9. The van der Waals surface area contributed by atoms with Gasteiger partial charge in [-0.05, 0) is 66.9 Å². The number of benzene rings is 4. The second-order valence-electron chi connectivity index (χ2n) is 8.40. The Kier molecular flexibility index (Phi) is 8.22. The first-order valence-corrected chi connectivity index (χ1v) is 13.2. The van der Waals surface area contributed by atoms with Gasteiger partial charge >= 0.3 is 0 Å². The Morgan fingerprint density at radius 2 is 1.49 bits per heavy atom. The maximum atomic E-state index is 13.5. The number of para-hydroxylation sites is 3. The van der Waals surface area contributed by atoms with Gasteiger partial charge in [-0.1, -0.05) is 60.7 Å². The van der Waals surface area contributed by atoms with Crippen LogP contribution < -0.4 is 19.5 Å². The molecule has 37 heavy (non-hydrogen) atoms. The van der Waals surface area contributed by atoms with Crippen LogP contribution in [0.1, 0.15) is 11.1 Å². The number of amides is 1. The number of rotatable bonds is 10. The summed E-state index contributed by atoms with van der Waals surface area (Å²) in [5, 5.41) is 2.84. The molecular formula is C29H28N2O5S. The molecule has 0 saturated heterocycles. The number of carbonyl (C=O) groups excluding carboxylic acids is 1. The van der Waals surface area contributed by atoms with Crippen LogP contribution >= 0.6 is 0 Å². The van der Waals surface area contributed by atoms with Crippen LogP contribution in [-0.4, -0.2) is 27.5 Å². The molecular weight excluding hydrogens is 488 g/mol. The minimum atomic E-state index is -4.02. The van der Waals surface area contributed by atoms with Crippen molar-refractivity contribution in [3.05, 3.63) is 114 Å². The van der Waals surface area contributed by atoms with Gasteiger partial charge < -0.3 is 14.8 Å². The molecule has 190 valence electrons. The SMILES string of the molecule is COc1ccc(S(=O)(=O)N[C@@H](Cc2ccccc2)C(=O)Nc2ccccc2Oc2ccccc2)cc1C. The summed E-state index contributed by atoms with van der Waals surface area (Å²) in [4.78, 5) is 13.5. The van der Waals surface area contributed by atoms with Gasteiger partial charge in [0.25, 0.3) is 0 Å². The summed E-state index contributed by atoms with van der Waals surface area (Å²) in [5.74, 6) is 1.11. The van der Waals surface area contributed by atoms with E-state index in [0.29, 0.717) is 28.5 Å². The molecule has 0 saturated carbocycles. The fourth-order valence-electron chi connectivity index (χ4n) is 3.81. The van der Waals surface area contributed by atoms with Crippen LogP contribution in [0.4, 0.5) is 5.69 Å². The lowest BCUT2D eigenvalue weighted by Crippen LogP contribution is -2.45. The van der Waals surface area contributed by atoms with Gasteiger partial charge in [0.15, 0.2) is 5.75 Å². The molecule has 1 amide bonds. The zero-order chi connectivity index (χ0) is 26.3. The second kappa shape index (κ2) is 11.7. The van der Waals surface area contributed by atoms with Crippen molar-refractivity contribution in [2.75, 3.05) is 12.4 Å². The van der Waals surface area contributed by atoms with Crippen LogP contribution in [0.5, 0.6) is 17.2 Å². The second-order valence-corrected chi connectivity index (χ2v) is 10.1. The molecule has 2 N–H and O–H groups in total. The summed E-state index contributed by atoms with van der Waals surface area (Å²) in [6.07, 6.45) is 0.156. The fraction of sp³-hybridized carbons (Fsp3) is 0.138. The molecule has 0 radical (unpaired) electrons. The third-order valence-electron chi connectivity index (χ3n) is 5.69. The Labute approximate surface area is 217 Å². The van der Waals surface area contributed by atoms with Crippen molar-refractivity contribution in [3.63, 3.8) is 0 Å². The maximum Gasteiger partial charge on any atom is 0.243 e. The zero-order valence-electron chi connectivity index (χ0n) is 20.5. The van der Waals surface area contributed by atoms with Crippen molar-refractivity contribution in [1.29, 1.82) is 0 Å². The summed E-state index contributed by atoms with van der Waals surface area (Å²) >= 11 is 0. The van der Waals surface area contributed by atoms with Gasteiger partial charge in [0, 0.05) is 0 Å². The van der Waals surface area contributed by atoms with Crippen molar-refractivity contribution in [3.8, 4) is 17.2 Å². The number of nitrogens with one attached hydrogen (secondary N) is 2. The third kappa shape index (κ3) is 6.75. The molecule has 0 fully saturated rings. The molecule has 0 aliphatic rings. The number of ether oxygens (including phenoxy) is 2. The van der Waals surface area contributed by atoms with Gasteiger partial charge in [0.05, 0.1) is 17.7 Å². The summed E-state index contributed by atoms with van der Waals surface area (Å²) in [7, 11) is -2.50. The lowest BCUT2D eigenvalue weighted by molar-refractivity contribution is -0.117. The van der Waals surface area contributed by atoms with E-state index in [4.69, 9.17) is 9.47 Å². The fourth-order valence-corrected chi connectivity index (χ4v) is 5.09. The number of sulfonamides is 1. The van der Waals surface area contributed by atoms with Crippen molar-refractivity contribution in [2.45, 2.75) is 24.3 Å². The predicted molar refractivity (Wildman–Crippen MR) is 144 cm³/mol. The molecule has 4 aromatic rings. The Hall–Kier alpha value is -4.14. The predicted octanol–water partition coefficient (Wildman–Crippen LogP) is 5.32. The quantitative estimate of drug-likeness (QED) is 0.297. The van der Waals surface area contributed by atoms with Crippen LogP contribution in [0.2, 0.25) is 0 Å². The van der Waals surface area contributed by atoms with E-state index in [1.807, 2.05) is 60.7 Å². The molecule has 0 spiro atoms. The van der Waals surface area contributed by atoms with Gasteiger partial charge in [-0.15, -0.1) is 0 Å². The average molecular weight is 517 g/mol. The highest BCUT2D eigenvalue weighted by Crippen LogP contribution is 2.29. The summed E-state index contributed by atoms with van der Waals surface area (Å²) in [6, 6.07) is 28.9. The lowest BCUT2D eigenvalue weighted by Gasteiger charge is -2.20. The maximum absolute atomic E-state index is 13.5. The van der Waals surface area contributed by atoms with E-state index in [2.05, 4.69) is 10.0 Å². The normalized spacial score (nSPS) is 11.9. The molecule has 4 aromatic carbocycles. The summed E-state index contributed by atoms with van der Waals surface area (Å²) < 4.78 is 40.4. The van der Waals surface area contributed by atoms with Crippen LogP contribution in [0, 0.1) is 6.92 Å². The molecule has 0 aliphatic heterocycles.